The van der Waals surface area contributed by atoms with Gasteiger partial charge in [0.15, 0.2) is 5.11 Å². The van der Waals surface area contributed by atoms with Crippen LogP contribution in [0, 0.1) is 0 Å². The van der Waals surface area contributed by atoms with Crippen molar-refractivity contribution in [2.24, 2.45) is 0 Å². The van der Waals surface area contributed by atoms with E-state index in [1.54, 1.807) is 48.5 Å². The highest BCUT2D eigenvalue weighted by molar-refractivity contribution is 7.80. The number of carbonyl (C=O) groups is 2. The van der Waals surface area contributed by atoms with Crippen LogP contribution >= 0.6 is 23.8 Å². The Labute approximate surface area is 189 Å². The van der Waals surface area contributed by atoms with E-state index in [0.717, 1.165) is 5.56 Å². The van der Waals surface area contributed by atoms with Crippen LogP contribution in [0.3, 0.4) is 0 Å². The Morgan fingerprint density at radius 3 is 2.39 bits per heavy atom. The van der Waals surface area contributed by atoms with E-state index in [1.807, 2.05) is 30.3 Å². The number of ether oxygens (including phenoxy) is 1. The third-order valence-corrected chi connectivity index (χ3v) is 5.33. The van der Waals surface area contributed by atoms with E-state index in [-0.39, 0.29) is 17.3 Å². The minimum Gasteiger partial charge on any atom is -0.488 e. The van der Waals surface area contributed by atoms with Gasteiger partial charge in [-0.3, -0.25) is 19.8 Å². The van der Waals surface area contributed by atoms with E-state index < -0.39 is 11.8 Å². The van der Waals surface area contributed by atoms with Gasteiger partial charge in [-0.05, 0) is 42.6 Å². The lowest BCUT2D eigenvalue weighted by atomic mass is 10.1. The van der Waals surface area contributed by atoms with Crippen LogP contribution in [0.2, 0.25) is 5.02 Å². The van der Waals surface area contributed by atoms with Gasteiger partial charge in [0.1, 0.15) is 17.9 Å². The molecule has 3 aromatic carbocycles. The average molecular weight is 449 g/mol. The van der Waals surface area contributed by atoms with E-state index >= 15 is 0 Å². The molecule has 1 saturated heterocycles. The fourth-order valence-corrected chi connectivity index (χ4v) is 3.60. The van der Waals surface area contributed by atoms with Crippen molar-refractivity contribution in [3.63, 3.8) is 0 Å². The van der Waals surface area contributed by atoms with Crippen molar-refractivity contribution >= 4 is 52.5 Å². The Balaban J connectivity index is 1.64. The summed E-state index contributed by atoms with van der Waals surface area (Å²) in [5.74, 6) is -0.529. The average Bonchev–Trinajstić information content (AvgIpc) is 2.77. The van der Waals surface area contributed by atoms with Gasteiger partial charge >= 0.3 is 0 Å². The number of thiocarbonyl (C=S) groups is 1. The first-order valence-corrected chi connectivity index (χ1v) is 10.2. The summed E-state index contributed by atoms with van der Waals surface area (Å²) < 4.78 is 5.94. The van der Waals surface area contributed by atoms with E-state index in [1.165, 1.54) is 11.0 Å². The summed E-state index contributed by atoms with van der Waals surface area (Å²) in [6.07, 6.45) is 1.51. The molecule has 0 spiro atoms. The predicted molar refractivity (Wildman–Crippen MR) is 125 cm³/mol. The molecule has 0 aliphatic carbocycles. The van der Waals surface area contributed by atoms with Crippen LogP contribution in [0.15, 0.2) is 84.4 Å². The minimum atomic E-state index is -0.553. The molecular formula is C24H17ClN2O3S. The topological polar surface area (TPSA) is 58.6 Å². The molecule has 31 heavy (non-hydrogen) atoms. The van der Waals surface area contributed by atoms with Gasteiger partial charge < -0.3 is 4.74 Å². The molecule has 1 aliphatic heterocycles. The van der Waals surface area contributed by atoms with Gasteiger partial charge in [-0.15, -0.1) is 0 Å². The molecule has 1 aliphatic rings. The standard InChI is InChI=1S/C24H17ClN2O3S/c25-20-12-6-4-9-17(20)15-30-21-13-7-5-8-16(21)14-19-22(28)26-24(31)27(23(19)29)18-10-2-1-3-11-18/h1-14H,15H2,(H,26,28,31)/b19-14-. The minimum absolute atomic E-state index is 0.0359. The Morgan fingerprint density at radius 1 is 0.935 bits per heavy atom. The van der Waals surface area contributed by atoms with Crippen molar-refractivity contribution < 1.29 is 14.3 Å². The highest BCUT2D eigenvalue weighted by Crippen LogP contribution is 2.26. The van der Waals surface area contributed by atoms with Crippen LogP contribution in [0.1, 0.15) is 11.1 Å². The molecule has 0 radical (unpaired) electrons. The molecule has 0 unspecified atom stereocenters. The van der Waals surface area contributed by atoms with Crippen molar-refractivity contribution in [3.05, 3.63) is 101 Å². The summed E-state index contributed by atoms with van der Waals surface area (Å²) in [6, 6.07) is 23.5. The van der Waals surface area contributed by atoms with Gasteiger partial charge in [0.2, 0.25) is 0 Å². The van der Waals surface area contributed by atoms with Crippen LogP contribution in [0.25, 0.3) is 6.08 Å². The highest BCUT2D eigenvalue weighted by atomic mass is 35.5. The number of hydrogen-bond acceptors (Lipinski definition) is 4. The molecule has 0 bridgehead atoms. The lowest BCUT2D eigenvalue weighted by molar-refractivity contribution is -0.122. The Kier molecular flexibility index (Phi) is 6.11. The second kappa shape index (κ2) is 9.12. The number of amides is 2. The smallest absolute Gasteiger partial charge is 0.270 e. The normalized spacial score (nSPS) is 15.2. The zero-order valence-corrected chi connectivity index (χ0v) is 17.8. The molecule has 0 atom stereocenters. The van der Waals surface area contributed by atoms with Gasteiger partial charge in [0, 0.05) is 16.1 Å². The van der Waals surface area contributed by atoms with Gasteiger partial charge in [-0.25, -0.2) is 0 Å². The summed E-state index contributed by atoms with van der Waals surface area (Å²) in [6.45, 7) is 0.250. The summed E-state index contributed by atoms with van der Waals surface area (Å²) in [4.78, 5) is 27.0. The molecule has 1 fully saturated rings. The lowest BCUT2D eigenvalue weighted by Crippen LogP contribution is -2.54. The summed E-state index contributed by atoms with van der Waals surface area (Å²) in [5, 5.41) is 3.23. The fourth-order valence-electron chi connectivity index (χ4n) is 3.13. The molecule has 3 aromatic rings. The van der Waals surface area contributed by atoms with E-state index in [4.69, 9.17) is 28.6 Å². The number of nitrogens with zero attached hydrogens (tertiary/aromatic N) is 1. The number of carbonyl (C=O) groups excluding carboxylic acids is 2. The molecule has 5 nitrogen and oxygen atoms in total. The molecule has 1 heterocycles. The van der Waals surface area contributed by atoms with Gasteiger partial charge in [-0.2, -0.15) is 0 Å². The van der Waals surface area contributed by atoms with Crippen molar-refractivity contribution in [2.45, 2.75) is 6.61 Å². The second-order valence-corrected chi connectivity index (χ2v) is 7.51. The third kappa shape index (κ3) is 4.50. The third-order valence-electron chi connectivity index (χ3n) is 4.68. The number of rotatable bonds is 5. The largest absolute Gasteiger partial charge is 0.488 e. The van der Waals surface area contributed by atoms with Gasteiger partial charge in [0.25, 0.3) is 11.8 Å². The number of para-hydroxylation sites is 2. The Hall–Kier alpha value is -3.48. The number of hydrogen-bond donors (Lipinski definition) is 1. The Bertz CT molecular complexity index is 1190. The number of nitrogens with one attached hydrogen (secondary N) is 1. The molecular weight excluding hydrogens is 432 g/mol. The van der Waals surface area contributed by atoms with Crippen LogP contribution in [-0.4, -0.2) is 16.9 Å². The van der Waals surface area contributed by atoms with E-state index in [0.29, 0.717) is 22.0 Å². The predicted octanol–water partition coefficient (Wildman–Crippen LogP) is 4.75. The Morgan fingerprint density at radius 2 is 1.61 bits per heavy atom. The molecule has 4 rings (SSSR count). The first kappa shape index (κ1) is 20.8. The monoisotopic (exact) mass is 448 g/mol. The van der Waals surface area contributed by atoms with Crippen LogP contribution in [-0.2, 0) is 16.2 Å². The SMILES string of the molecule is O=C1NC(=S)N(c2ccccc2)C(=O)/C1=C\c1ccccc1OCc1ccccc1Cl. The highest BCUT2D eigenvalue weighted by Gasteiger charge is 2.34. The van der Waals surface area contributed by atoms with Crippen molar-refractivity contribution in [2.75, 3.05) is 4.90 Å². The molecule has 154 valence electrons. The van der Waals surface area contributed by atoms with Crippen molar-refractivity contribution in [1.82, 2.24) is 5.32 Å². The fraction of sp³-hybridized carbons (Fsp3) is 0.0417. The van der Waals surface area contributed by atoms with Gasteiger partial charge in [-0.1, -0.05) is 66.2 Å². The maximum absolute atomic E-state index is 13.1. The molecule has 1 N–H and O–H groups in total. The summed E-state index contributed by atoms with van der Waals surface area (Å²) >= 11 is 11.4. The number of halogens is 1. The molecule has 7 heteroatoms. The summed E-state index contributed by atoms with van der Waals surface area (Å²) in [7, 11) is 0. The van der Waals surface area contributed by atoms with Gasteiger partial charge in [0.05, 0.1) is 5.69 Å². The first-order valence-electron chi connectivity index (χ1n) is 9.46. The number of anilines is 1. The zero-order chi connectivity index (χ0) is 21.8. The maximum atomic E-state index is 13.1. The van der Waals surface area contributed by atoms with E-state index in [9.17, 15) is 9.59 Å². The molecule has 2 amide bonds. The quantitative estimate of drug-likeness (QED) is 0.347. The maximum Gasteiger partial charge on any atom is 0.270 e. The molecule has 0 aromatic heterocycles. The van der Waals surface area contributed by atoms with Crippen LogP contribution in [0.5, 0.6) is 5.75 Å². The van der Waals surface area contributed by atoms with Crippen molar-refractivity contribution in [3.8, 4) is 5.75 Å². The van der Waals surface area contributed by atoms with Crippen LogP contribution in [0.4, 0.5) is 5.69 Å². The summed E-state index contributed by atoms with van der Waals surface area (Å²) in [5.41, 5.74) is 1.96. The van der Waals surface area contributed by atoms with Crippen molar-refractivity contribution in [1.29, 1.82) is 0 Å². The molecule has 0 saturated carbocycles. The lowest BCUT2D eigenvalue weighted by Gasteiger charge is -2.28. The second-order valence-electron chi connectivity index (χ2n) is 6.71. The number of benzene rings is 3. The van der Waals surface area contributed by atoms with Crippen LogP contribution < -0.4 is 15.0 Å². The first-order chi connectivity index (χ1) is 15.0. The van der Waals surface area contributed by atoms with E-state index in [2.05, 4.69) is 5.32 Å². The zero-order valence-electron chi connectivity index (χ0n) is 16.2.